The van der Waals surface area contributed by atoms with Crippen molar-refractivity contribution in [2.75, 3.05) is 44.2 Å². The van der Waals surface area contributed by atoms with Gasteiger partial charge in [-0.2, -0.15) is 14.6 Å². The van der Waals surface area contributed by atoms with Crippen molar-refractivity contribution in [3.05, 3.63) is 48.4 Å². The lowest BCUT2D eigenvalue weighted by atomic mass is 10.2. The molecule has 1 N–H and O–H groups in total. The van der Waals surface area contributed by atoms with Crippen LogP contribution in [-0.2, 0) is 6.42 Å². The van der Waals surface area contributed by atoms with Crippen LogP contribution in [0.1, 0.15) is 19.0 Å². The number of anilines is 1. The second kappa shape index (κ2) is 9.19. The van der Waals surface area contributed by atoms with Gasteiger partial charge in [0.1, 0.15) is 30.6 Å². The van der Waals surface area contributed by atoms with E-state index in [2.05, 4.69) is 37.9 Å². The Kier molecular flexibility index (Phi) is 6.21. The van der Waals surface area contributed by atoms with E-state index >= 15 is 0 Å². The van der Waals surface area contributed by atoms with E-state index < -0.39 is 6.10 Å². The highest BCUT2D eigenvalue weighted by molar-refractivity contribution is 5.47. The summed E-state index contributed by atoms with van der Waals surface area (Å²) >= 11 is 0. The van der Waals surface area contributed by atoms with Gasteiger partial charge in [0.25, 0.3) is 5.78 Å². The monoisotopic (exact) mass is 396 g/mol. The number of ether oxygens (including phenoxy) is 1. The third kappa shape index (κ3) is 4.83. The molecule has 1 aliphatic rings. The van der Waals surface area contributed by atoms with Crippen molar-refractivity contribution >= 4 is 11.6 Å². The first-order valence-electron chi connectivity index (χ1n) is 10.3. The Hall–Kier alpha value is -2.71. The number of benzene rings is 1. The molecular weight excluding hydrogens is 368 g/mol. The topological polar surface area (TPSA) is 79.0 Å². The summed E-state index contributed by atoms with van der Waals surface area (Å²) in [5.74, 6) is 2.49. The van der Waals surface area contributed by atoms with E-state index in [1.54, 1.807) is 6.33 Å². The summed E-state index contributed by atoms with van der Waals surface area (Å²) in [5, 5.41) is 14.7. The van der Waals surface area contributed by atoms with Gasteiger partial charge in [0.2, 0.25) is 0 Å². The molecular formula is C21H28N6O2. The maximum Gasteiger partial charge on any atom is 0.254 e. The van der Waals surface area contributed by atoms with Crippen molar-refractivity contribution in [3.63, 3.8) is 0 Å². The summed E-state index contributed by atoms with van der Waals surface area (Å²) in [6.07, 6.45) is 3.03. The van der Waals surface area contributed by atoms with Gasteiger partial charge in [0.05, 0.1) is 0 Å². The van der Waals surface area contributed by atoms with Gasteiger partial charge in [0.15, 0.2) is 0 Å². The van der Waals surface area contributed by atoms with Crippen LogP contribution in [0.3, 0.4) is 0 Å². The smallest absolute Gasteiger partial charge is 0.254 e. The number of hydrogen-bond donors (Lipinski definition) is 1. The minimum Gasteiger partial charge on any atom is -0.491 e. The number of para-hydroxylation sites is 1. The van der Waals surface area contributed by atoms with E-state index in [0.29, 0.717) is 18.9 Å². The fraction of sp³-hybridized carbons (Fsp3) is 0.476. The molecule has 2 aromatic heterocycles. The Morgan fingerprint density at radius 1 is 1.14 bits per heavy atom. The van der Waals surface area contributed by atoms with Gasteiger partial charge >= 0.3 is 0 Å². The van der Waals surface area contributed by atoms with E-state index in [1.807, 2.05) is 34.8 Å². The second-order valence-corrected chi connectivity index (χ2v) is 7.39. The third-order valence-electron chi connectivity index (χ3n) is 5.14. The molecule has 3 aromatic rings. The lowest BCUT2D eigenvalue weighted by Crippen LogP contribution is -2.49. The molecule has 0 aliphatic carbocycles. The normalized spacial score (nSPS) is 16.3. The summed E-state index contributed by atoms with van der Waals surface area (Å²) in [7, 11) is 0. The fourth-order valence-corrected chi connectivity index (χ4v) is 3.67. The maximum atomic E-state index is 10.3. The van der Waals surface area contributed by atoms with Crippen LogP contribution in [0.25, 0.3) is 5.78 Å². The van der Waals surface area contributed by atoms with Crippen molar-refractivity contribution < 1.29 is 9.84 Å². The van der Waals surface area contributed by atoms with Gasteiger partial charge in [-0.3, -0.25) is 4.90 Å². The van der Waals surface area contributed by atoms with Gasteiger partial charge in [-0.25, -0.2) is 4.98 Å². The highest BCUT2D eigenvalue weighted by Crippen LogP contribution is 2.19. The lowest BCUT2D eigenvalue weighted by Gasteiger charge is -2.36. The fourth-order valence-electron chi connectivity index (χ4n) is 3.67. The van der Waals surface area contributed by atoms with Gasteiger partial charge in [-0.05, 0) is 18.6 Å². The van der Waals surface area contributed by atoms with Gasteiger partial charge in [0, 0.05) is 44.5 Å². The first-order chi connectivity index (χ1) is 14.2. The van der Waals surface area contributed by atoms with E-state index in [4.69, 9.17) is 4.74 Å². The standard InChI is InChI=1S/C21H28N6O2/c1-2-6-17-13-20(27-21(24-17)22-16-23-27)26-11-9-25(10-12-26)14-18(28)15-29-19-7-4-3-5-8-19/h3-5,7-8,13,16,18,28H,2,6,9-12,14-15H2,1H3. The highest BCUT2D eigenvalue weighted by atomic mass is 16.5. The molecule has 0 amide bonds. The zero-order valence-electron chi connectivity index (χ0n) is 16.8. The van der Waals surface area contributed by atoms with Crippen LogP contribution in [0, 0.1) is 0 Å². The van der Waals surface area contributed by atoms with E-state index in [0.717, 1.165) is 56.3 Å². The number of nitrogens with zero attached hydrogens (tertiary/aromatic N) is 6. The molecule has 1 aromatic carbocycles. The number of aromatic nitrogens is 4. The van der Waals surface area contributed by atoms with Gasteiger partial charge in [-0.15, -0.1) is 0 Å². The summed E-state index contributed by atoms with van der Waals surface area (Å²) in [5.41, 5.74) is 1.05. The molecule has 1 saturated heterocycles. The van der Waals surface area contributed by atoms with Gasteiger partial charge < -0.3 is 14.7 Å². The Labute approximate surface area is 170 Å². The number of hydrogen-bond acceptors (Lipinski definition) is 7. The van der Waals surface area contributed by atoms with Crippen molar-refractivity contribution in [2.45, 2.75) is 25.9 Å². The minimum absolute atomic E-state index is 0.300. The van der Waals surface area contributed by atoms with Crippen molar-refractivity contribution in [2.24, 2.45) is 0 Å². The first-order valence-corrected chi connectivity index (χ1v) is 10.3. The molecule has 8 heteroatoms. The SMILES string of the molecule is CCCc1cc(N2CCN(CC(O)COc3ccccc3)CC2)n2ncnc2n1. The highest BCUT2D eigenvalue weighted by Gasteiger charge is 2.22. The van der Waals surface area contributed by atoms with E-state index in [-0.39, 0.29) is 0 Å². The zero-order chi connectivity index (χ0) is 20.1. The molecule has 1 aliphatic heterocycles. The summed E-state index contributed by atoms with van der Waals surface area (Å²) in [4.78, 5) is 13.5. The van der Waals surface area contributed by atoms with Crippen molar-refractivity contribution in [1.29, 1.82) is 0 Å². The molecule has 0 saturated carbocycles. The minimum atomic E-state index is -0.513. The molecule has 154 valence electrons. The molecule has 3 heterocycles. The molecule has 1 atom stereocenters. The Bertz CT molecular complexity index is 908. The molecule has 0 radical (unpaired) electrons. The quantitative estimate of drug-likeness (QED) is 0.620. The van der Waals surface area contributed by atoms with Crippen LogP contribution < -0.4 is 9.64 Å². The van der Waals surface area contributed by atoms with Crippen molar-refractivity contribution in [3.8, 4) is 5.75 Å². The molecule has 8 nitrogen and oxygen atoms in total. The van der Waals surface area contributed by atoms with Crippen LogP contribution in [0.5, 0.6) is 5.75 Å². The molecule has 1 fully saturated rings. The van der Waals surface area contributed by atoms with Crippen LogP contribution >= 0.6 is 0 Å². The average molecular weight is 396 g/mol. The Morgan fingerprint density at radius 3 is 2.69 bits per heavy atom. The van der Waals surface area contributed by atoms with Crippen LogP contribution in [0.4, 0.5) is 5.82 Å². The number of β-amino-alcohol motifs (C(OH)–C–C–N with tert-alkyl or cyclic N) is 1. The molecule has 0 bridgehead atoms. The zero-order valence-corrected chi connectivity index (χ0v) is 16.8. The maximum absolute atomic E-state index is 10.3. The third-order valence-corrected chi connectivity index (χ3v) is 5.14. The number of aliphatic hydroxyl groups excluding tert-OH is 1. The van der Waals surface area contributed by atoms with Crippen LogP contribution in [0.2, 0.25) is 0 Å². The number of rotatable bonds is 8. The largest absolute Gasteiger partial charge is 0.491 e. The van der Waals surface area contributed by atoms with E-state index in [1.165, 1.54) is 0 Å². The summed E-state index contributed by atoms with van der Waals surface area (Å²) in [6.45, 7) is 6.56. The predicted molar refractivity (Wildman–Crippen MR) is 111 cm³/mol. The number of fused-ring (bicyclic) bond motifs is 1. The van der Waals surface area contributed by atoms with E-state index in [9.17, 15) is 5.11 Å². The molecule has 0 spiro atoms. The Balaban J connectivity index is 1.32. The predicted octanol–water partition coefficient (Wildman–Crippen LogP) is 1.64. The Morgan fingerprint density at radius 2 is 1.93 bits per heavy atom. The summed E-state index contributed by atoms with van der Waals surface area (Å²) < 4.78 is 7.48. The van der Waals surface area contributed by atoms with Crippen LogP contribution in [0.15, 0.2) is 42.7 Å². The molecule has 29 heavy (non-hydrogen) atoms. The number of aryl methyl sites for hydroxylation is 1. The van der Waals surface area contributed by atoms with Crippen LogP contribution in [-0.4, -0.2) is 75.0 Å². The average Bonchev–Trinajstić information content (AvgIpc) is 3.22. The van der Waals surface area contributed by atoms with Gasteiger partial charge in [-0.1, -0.05) is 31.5 Å². The lowest BCUT2D eigenvalue weighted by molar-refractivity contribution is 0.0662. The molecule has 1 unspecified atom stereocenters. The second-order valence-electron chi connectivity index (χ2n) is 7.39. The first kappa shape index (κ1) is 19.6. The summed E-state index contributed by atoms with van der Waals surface area (Å²) in [6, 6.07) is 11.7. The van der Waals surface area contributed by atoms with Crippen molar-refractivity contribution in [1.82, 2.24) is 24.5 Å². The number of aliphatic hydroxyl groups is 1. The number of piperazine rings is 1. The molecule has 4 rings (SSSR count).